The minimum absolute atomic E-state index is 0.0183. The van der Waals surface area contributed by atoms with Gasteiger partial charge in [0.1, 0.15) is 0 Å². The summed E-state index contributed by atoms with van der Waals surface area (Å²) in [5, 5.41) is 12.0. The van der Waals surface area contributed by atoms with E-state index in [9.17, 15) is 4.79 Å². The number of benzene rings is 1. The van der Waals surface area contributed by atoms with E-state index in [2.05, 4.69) is 16.3 Å². The third kappa shape index (κ3) is 4.98. The van der Waals surface area contributed by atoms with Gasteiger partial charge in [-0.15, -0.1) is 11.8 Å². The van der Waals surface area contributed by atoms with Crippen LogP contribution in [0.15, 0.2) is 29.2 Å². The first kappa shape index (κ1) is 19.2. The molecule has 1 aromatic rings. The second kappa shape index (κ2) is 8.87. The van der Waals surface area contributed by atoms with Crippen molar-refractivity contribution in [2.45, 2.75) is 42.1 Å². The highest BCUT2D eigenvalue weighted by Gasteiger charge is 2.39. The number of hydrogen-bond donors (Lipinski definition) is 1. The lowest BCUT2D eigenvalue weighted by Gasteiger charge is -2.37. The number of para-hydroxylation sites is 1. The number of anilines is 1. The molecule has 140 valence electrons. The van der Waals surface area contributed by atoms with E-state index in [1.807, 2.05) is 31.2 Å². The van der Waals surface area contributed by atoms with Crippen molar-refractivity contribution in [1.29, 1.82) is 5.26 Å². The summed E-state index contributed by atoms with van der Waals surface area (Å²) >= 11 is 1.61. The number of rotatable bonds is 6. The zero-order chi connectivity index (χ0) is 18.4. The maximum Gasteiger partial charge on any atom is 0.238 e. The van der Waals surface area contributed by atoms with Crippen molar-refractivity contribution in [2.24, 2.45) is 0 Å². The SMILES string of the molecule is C[C@@H](CC#N)Sc1ccccc1NC(=O)CN1CCC2(CC1)OCCO2. The molecule has 1 aromatic carbocycles. The molecule has 2 aliphatic rings. The number of likely N-dealkylation sites (tertiary alicyclic amines) is 1. The molecule has 0 aromatic heterocycles. The van der Waals surface area contributed by atoms with Gasteiger partial charge in [-0.1, -0.05) is 19.1 Å². The zero-order valence-electron chi connectivity index (χ0n) is 15.1. The van der Waals surface area contributed by atoms with Gasteiger partial charge >= 0.3 is 0 Å². The molecule has 1 N–H and O–H groups in total. The fourth-order valence-corrected chi connectivity index (χ4v) is 4.28. The lowest BCUT2D eigenvalue weighted by Crippen LogP contribution is -2.47. The molecule has 1 amide bonds. The quantitative estimate of drug-likeness (QED) is 0.771. The molecule has 0 bridgehead atoms. The average Bonchev–Trinajstić information content (AvgIpc) is 3.07. The van der Waals surface area contributed by atoms with E-state index < -0.39 is 5.79 Å². The van der Waals surface area contributed by atoms with Gasteiger partial charge in [0.25, 0.3) is 0 Å². The Balaban J connectivity index is 1.51. The molecule has 1 spiro atoms. The van der Waals surface area contributed by atoms with Crippen LogP contribution in [0.3, 0.4) is 0 Å². The monoisotopic (exact) mass is 375 g/mol. The number of piperidine rings is 1. The topological polar surface area (TPSA) is 74.6 Å². The van der Waals surface area contributed by atoms with Crippen molar-refractivity contribution in [3.63, 3.8) is 0 Å². The van der Waals surface area contributed by atoms with E-state index >= 15 is 0 Å². The number of nitriles is 1. The van der Waals surface area contributed by atoms with Crippen molar-refractivity contribution in [3.05, 3.63) is 24.3 Å². The predicted octanol–water partition coefficient (Wildman–Crippen LogP) is 2.86. The molecule has 0 unspecified atom stereocenters. The molecule has 2 aliphatic heterocycles. The van der Waals surface area contributed by atoms with Crippen molar-refractivity contribution in [3.8, 4) is 6.07 Å². The number of carbonyl (C=O) groups is 1. The van der Waals surface area contributed by atoms with E-state index in [0.29, 0.717) is 26.2 Å². The summed E-state index contributed by atoms with van der Waals surface area (Å²) in [7, 11) is 0. The van der Waals surface area contributed by atoms with Crippen LogP contribution in [0.25, 0.3) is 0 Å². The molecule has 1 atom stereocenters. The first-order valence-electron chi connectivity index (χ1n) is 9.03. The van der Waals surface area contributed by atoms with Gasteiger partial charge in [0.2, 0.25) is 5.91 Å². The number of nitrogens with one attached hydrogen (secondary N) is 1. The minimum Gasteiger partial charge on any atom is -0.347 e. The van der Waals surface area contributed by atoms with E-state index in [1.165, 1.54) is 0 Å². The highest BCUT2D eigenvalue weighted by atomic mass is 32.2. The number of thioether (sulfide) groups is 1. The zero-order valence-corrected chi connectivity index (χ0v) is 15.9. The fourth-order valence-electron chi connectivity index (χ4n) is 3.29. The van der Waals surface area contributed by atoms with E-state index in [4.69, 9.17) is 14.7 Å². The normalized spacial score (nSPS) is 20.6. The van der Waals surface area contributed by atoms with Crippen LogP contribution < -0.4 is 5.32 Å². The molecule has 2 fully saturated rings. The molecule has 3 rings (SSSR count). The smallest absolute Gasteiger partial charge is 0.238 e. The van der Waals surface area contributed by atoms with Crippen LogP contribution in [-0.2, 0) is 14.3 Å². The second-order valence-corrected chi connectivity index (χ2v) is 8.20. The van der Waals surface area contributed by atoms with Crippen LogP contribution in [0.4, 0.5) is 5.69 Å². The van der Waals surface area contributed by atoms with Gasteiger partial charge in [0, 0.05) is 42.5 Å². The molecule has 0 radical (unpaired) electrons. The molecule has 26 heavy (non-hydrogen) atoms. The highest BCUT2D eigenvalue weighted by Crippen LogP contribution is 2.32. The summed E-state index contributed by atoms with van der Waals surface area (Å²) in [6.07, 6.45) is 2.09. The Bertz CT molecular complexity index is 660. The van der Waals surface area contributed by atoms with Crippen LogP contribution in [0.1, 0.15) is 26.2 Å². The standard InChI is InChI=1S/C19H25N3O3S/c1-15(6-9-20)26-17-5-3-2-4-16(17)21-18(23)14-22-10-7-19(8-11-22)24-12-13-25-19/h2-5,15H,6-8,10-14H2,1H3,(H,21,23)/t15-/m0/s1. The van der Waals surface area contributed by atoms with Gasteiger partial charge in [0.05, 0.1) is 31.5 Å². The maximum atomic E-state index is 12.5. The summed E-state index contributed by atoms with van der Waals surface area (Å²) in [6, 6.07) is 9.93. The Morgan fingerprint density at radius 2 is 2.04 bits per heavy atom. The van der Waals surface area contributed by atoms with Crippen molar-refractivity contribution >= 4 is 23.4 Å². The summed E-state index contributed by atoms with van der Waals surface area (Å²) in [6.45, 7) is 5.30. The third-order valence-electron chi connectivity index (χ3n) is 4.67. The number of ether oxygens (including phenoxy) is 2. The Morgan fingerprint density at radius 1 is 1.35 bits per heavy atom. The van der Waals surface area contributed by atoms with Crippen molar-refractivity contribution < 1.29 is 14.3 Å². The average molecular weight is 375 g/mol. The number of carbonyl (C=O) groups excluding carboxylic acids is 1. The molecular weight excluding hydrogens is 350 g/mol. The largest absolute Gasteiger partial charge is 0.347 e. The predicted molar refractivity (Wildman–Crippen MR) is 101 cm³/mol. The van der Waals surface area contributed by atoms with E-state index in [1.54, 1.807) is 11.8 Å². The lowest BCUT2D eigenvalue weighted by molar-refractivity contribution is -0.185. The van der Waals surface area contributed by atoms with Crippen LogP contribution in [-0.4, -0.2) is 54.7 Å². The third-order valence-corrected chi connectivity index (χ3v) is 5.85. The molecule has 0 saturated carbocycles. The van der Waals surface area contributed by atoms with Gasteiger partial charge in [-0.2, -0.15) is 5.26 Å². The summed E-state index contributed by atoms with van der Waals surface area (Å²) in [4.78, 5) is 15.6. The summed E-state index contributed by atoms with van der Waals surface area (Å²) < 4.78 is 11.5. The Hall–Kier alpha value is -1.59. The van der Waals surface area contributed by atoms with Crippen LogP contribution in [0.5, 0.6) is 0 Å². The van der Waals surface area contributed by atoms with Crippen LogP contribution in [0, 0.1) is 11.3 Å². The molecule has 7 heteroatoms. The minimum atomic E-state index is -0.410. The van der Waals surface area contributed by atoms with Crippen molar-refractivity contribution in [1.82, 2.24) is 4.90 Å². The number of nitrogens with zero attached hydrogens (tertiary/aromatic N) is 2. The number of hydrogen-bond acceptors (Lipinski definition) is 6. The molecule has 2 saturated heterocycles. The summed E-state index contributed by atoms with van der Waals surface area (Å²) in [5.74, 6) is -0.428. The lowest BCUT2D eigenvalue weighted by atomic mass is 10.0. The first-order valence-corrected chi connectivity index (χ1v) is 9.91. The molecule has 2 heterocycles. The fraction of sp³-hybridized carbons (Fsp3) is 0.579. The van der Waals surface area contributed by atoms with Crippen molar-refractivity contribution in [2.75, 3.05) is 38.2 Å². The number of amides is 1. The van der Waals surface area contributed by atoms with E-state index in [0.717, 1.165) is 36.5 Å². The summed E-state index contributed by atoms with van der Waals surface area (Å²) in [5.41, 5.74) is 0.809. The molecule has 0 aliphatic carbocycles. The van der Waals surface area contributed by atoms with Crippen LogP contribution in [0.2, 0.25) is 0 Å². The van der Waals surface area contributed by atoms with Gasteiger partial charge in [-0.25, -0.2) is 0 Å². The van der Waals surface area contributed by atoms with E-state index in [-0.39, 0.29) is 11.2 Å². The Labute approximate surface area is 158 Å². The van der Waals surface area contributed by atoms with Gasteiger partial charge in [-0.05, 0) is 12.1 Å². The molecule has 6 nitrogen and oxygen atoms in total. The Kier molecular flexibility index (Phi) is 6.54. The second-order valence-electron chi connectivity index (χ2n) is 6.72. The first-order chi connectivity index (χ1) is 12.6. The van der Waals surface area contributed by atoms with Crippen LogP contribution >= 0.6 is 11.8 Å². The highest BCUT2D eigenvalue weighted by molar-refractivity contribution is 8.00. The maximum absolute atomic E-state index is 12.5. The van der Waals surface area contributed by atoms with Gasteiger partial charge in [0.15, 0.2) is 5.79 Å². The van der Waals surface area contributed by atoms with Gasteiger partial charge in [-0.3, -0.25) is 9.69 Å². The molecular formula is C19H25N3O3S. The van der Waals surface area contributed by atoms with Gasteiger partial charge < -0.3 is 14.8 Å². The Morgan fingerprint density at radius 3 is 2.73 bits per heavy atom.